The lowest BCUT2D eigenvalue weighted by Gasteiger charge is -2.25. The van der Waals surface area contributed by atoms with Gasteiger partial charge in [-0.2, -0.15) is 0 Å². The maximum Gasteiger partial charge on any atom is 0.296 e. The van der Waals surface area contributed by atoms with E-state index in [1.165, 1.54) is 4.90 Å². The highest BCUT2D eigenvalue weighted by molar-refractivity contribution is 6.46. The number of ketones is 1. The van der Waals surface area contributed by atoms with Crippen molar-refractivity contribution in [3.05, 3.63) is 95.3 Å². The number of methoxy groups -OCH3 is 1. The molecule has 0 bridgehead atoms. The fourth-order valence-corrected chi connectivity index (χ4v) is 4.01. The van der Waals surface area contributed by atoms with Gasteiger partial charge in [-0.1, -0.05) is 30.3 Å². The summed E-state index contributed by atoms with van der Waals surface area (Å²) in [6.07, 6.45) is 1.57. The van der Waals surface area contributed by atoms with E-state index in [2.05, 4.69) is 4.98 Å². The third-order valence-corrected chi connectivity index (χ3v) is 5.49. The van der Waals surface area contributed by atoms with Crippen LogP contribution < -0.4 is 9.47 Å². The van der Waals surface area contributed by atoms with Crippen LogP contribution in [0.1, 0.15) is 36.7 Å². The van der Waals surface area contributed by atoms with E-state index in [1.54, 1.807) is 74.0 Å². The van der Waals surface area contributed by atoms with Crippen molar-refractivity contribution in [1.29, 1.82) is 0 Å². The Balaban J connectivity index is 1.85. The van der Waals surface area contributed by atoms with Crippen molar-refractivity contribution < 1.29 is 24.2 Å². The Morgan fingerprint density at radius 3 is 2.50 bits per heavy atom. The lowest BCUT2D eigenvalue weighted by atomic mass is 9.95. The molecule has 7 nitrogen and oxygen atoms in total. The number of amides is 1. The van der Waals surface area contributed by atoms with E-state index in [0.29, 0.717) is 28.3 Å². The molecular formula is C27H26N2O5. The van der Waals surface area contributed by atoms with Gasteiger partial charge in [0.1, 0.15) is 17.3 Å². The Morgan fingerprint density at radius 2 is 1.79 bits per heavy atom. The standard InChI is InChI=1S/C27H26N2O5/c1-17(2)34-22-12-7-9-19(15-22)25(30)23-24(18-8-6-11-21(14-18)33-3)29(27(32)26(23)31)16-20-10-4-5-13-28-20/h4-15,17,24,30H,16H2,1-3H3/b25-23-. The van der Waals surface area contributed by atoms with Gasteiger partial charge in [0.15, 0.2) is 0 Å². The molecule has 34 heavy (non-hydrogen) atoms. The molecule has 1 aromatic heterocycles. The first-order valence-electron chi connectivity index (χ1n) is 11.0. The average molecular weight is 459 g/mol. The van der Waals surface area contributed by atoms with Gasteiger partial charge in [0.05, 0.1) is 37.1 Å². The molecule has 1 fully saturated rings. The van der Waals surface area contributed by atoms with Crippen molar-refractivity contribution in [2.24, 2.45) is 0 Å². The number of aliphatic hydroxyl groups is 1. The van der Waals surface area contributed by atoms with Crippen LogP contribution in [-0.2, 0) is 16.1 Å². The Hall–Kier alpha value is -4.13. The number of benzene rings is 2. The Labute approximate surface area is 198 Å². The molecule has 174 valence electrons. The average Bonchev–Trinajstić information content (AvgIpc) is 3.09. The Kier molecular flexibility index (Phi) is 6.63. The molecule has 2 aromatic carbocycles. The topological polar surface area (TPSA) is 89.0 Å². The summed E-state index contributed by atoms with van der Waals surface area (Å²) >= 11 is 0. The summed E-state index contributed by atoms with van der Waals surface area (Å²) in [5.74, 6) is -0.581. The number of rotatable bonds is 7. The van der Waals surface area contributed by atoms with E-state index < -0.39 is 17.7 Å². The fourth-order valence-electron chi connectivity index (χ4n) is 4.01. The molecule has 3 aromatic rings. The summed E-state index contributed by atoms with van der Waals surface area (Å²) in [4.78, 5) is 32.1. The second kappa shape index (κ2) is 9.79. The SMILES string of the molecule is COc1cccc(C2/C(=C(/O)c3cccc(OC(C)C)c3)C(=O)C(=O)N2Cc2ccccn2)c1. The second-order valence-electron chi connectivity index (χ2n) is 8.22. The zero-order chi connectivity index (χ0) is 24.2. The zero-order valence-corrected chi connectivity index (χ0v) is 19.3. The van der Waals surface area contributed by atoms with Crippen LogP contribution in [0.3, 0.4) is 0 Å². The summed E-state index contributed by atoms with van der Waals surface area (Å²) in [6, 6.07) is 18.5. The summed E-state index contributed by atoms with van der Waals surface area (Å²) in [5.41, 5.74) is 1.67. The van der Waals surface area contributed by atoms with Gasteiger partial charge in [-0.25, -0.2) is 0 Å². The number of Topliss-reactive ketones (excluding diaryl/α,β-unsaturated/α-hetero) is 1. The largest absolute Gasteiger partial charge is 0.507 e. The molecule has 1 amide bonds. The molecule has 1 saturated heterocycles. The van der Waals surface area contributed by atoms with Crippen molar-refractivity contribution in [2.75, 3.05) is 7.11 Å². The molecule has 2 heterocycles. The van der Waals surface area contributed by atoms with Crippen molar-refractivity contribution in [1.82, 2.24) is 9.88 Å². The molecule has 0 aliphatic carbocycles. The maximum absolute atomic E-state index is 13.2. The van der Waals surface area contributed by atoms with Crippen molar-refractivity contribution in [2.45, 2.75) is 32.5 Å². The van der Waals surface area contributed by atoms with Gasteiger partial charge in [0, 0.05) is 11.8 Å². The van der Waals surface area contributed by atoms with Crippen molar-refractivity contribution in [3.8, 4) is 11.5 Å². The molecule has 1 aliphatic rings. The van der Waals surface area contributed by atoms with Crippen LogP contribution in [0.2, 0.25) is 0 Å². The number of aliphatic hydroxyl groups excluding tert-OH is 1. The zero-order valence-electron chi connectivity index (χ0n) is 19.3. The predicted octanol–water partition coefficient (Wildman–Crippen LogP) is 4.50. The monoisotopic (exact) mass is 458 g/mol. The van der Waals surface area contributed by atoms with Crippen LogP contribution in [-0.4, -0.2) is 39.9 Å². The molecule has 1 atom stereocenters. The number of pyridine rings is 1. The predicted molar refractivity (Wildman–Crippen MR) is 127 cm³/mol. The third kappa shape index (κ3) is 4.64. The van der Waals surface area contributed by atoms with Crippen LogP contribution in [0.25, 0.3) is 5.76 Å². The summed E-state index contributed by atoms with van der Waals surface area (Å²) in [5, 5.41) is 11.3. The number of hydrogen-bond donors (Lipinski definition) is 1. The van der Waals surface area contributed by atoms with Gasteiger partial charge in [0.2, 0.25) is 0 Å². The molecule has 1 aliphatic heterocycles. The normalized spacial score (nSPS) is 17.3. The second-order valence-corrected chi connectivity index (χ2v) is 8.22. The van der Waals surface area contributed by atoms with Crippen LogP contribution in [0.15, 0.2) is 78.5 Å². The first-order chi connectivity index (χ1) is 16.4. The van der Waals surface area contributed by atoms with Gasteiger partial charge in [-0.05, 0) is 55.8 Å². The Bertz CT molecular complexity index is 1240. The maximum atomic E-state index is 13.2. The molecule has 7 heteroatoms. The van der Waals surface area contributed by atoms with E-state index in [9.17, 15) is 14.7 Å². The van der Waals surface area contributed by atoms with Crippen LogP contribution >= 0.6 is 0 Å². The summed E-state index contributed by atoms with van der Waals surface area (Å²) < 4.78 is 11.1. The number of carbonyl (C=O) groups is 2. The highest BCUT2D eigenvalue weighted by atomic mass is 16.5. The third-order valence-electron chi connectivity index (χ3n) is 5.49. The van der Waals surface area contributed by atoms with Gasteiger partial charge >= 0.3 is 0 Å². The number of likely N-dealkylation sites (tertiary alicyclic amines) is 1. The summed E-state index contributed by atoms with van der Waals surface area (Å²) in [7, 11) is 1.55. The van der Waals surface area contributed by atoms with Crippen molar-refractivity contribution >= 4 is 17.4 Å². The van der Waals surface area contributed by atoms with E-state index in [-0.39, 0.29) is 24.0 Å². The highest BCUT2D eigenvalue weighted by Crippen LogP contribution is 2.41. The molecule has 0 radical (unpaired) electrons. The van der Waals surface area contributed by atoms with Crippen LogP contribution in [0, 0.1) is 0 Å². The minimum Gasteiger partial charge on any atom is -0.507 e. The first kappa shape index (κ1) is 23.0. The van der Waals surface area contributed by atoms with E-state index in [0.717, 1.165) is 0 Å². The molecule has 4 rings (SSSR count). The van der Waals surface area contributed by atoms with Gasteiger partial charge in [-0.15, -0.1) is 0 Å². The van der Waals surface area contributed by atoms with Gasteiger partial charge in [-0.3, -0.25) is 14.6 Å². The quantitative estimate of drug-likeness (QED) is 0.319. The fraction of sp³-hybridized carbons (Fsp3) is 0.222. The number of hydrogen-bond acceptors (Lipinski definition) is 6. The minimum atomic E-state index is -0.813. The van der Waals surface area contributed by atoms with Gasteiger partial charge in [0.25, 0.3) is 11.7 Å². The number of aromatic nitrogens is 1. The minimum absolute atomic E-state index is 0.0101. The van der Waals surface area contributed by atoms with E-state index in [1.807, 2.05) is 19.9 Å². The Morgan fingerprint density at radius 1 is 1.03 bits per heavy atom. The number of nitrogens with zero attached hydrogens (tertiary/aromatic N) is 2. The van der Waals surface area contributed by atoms with Crippen molar-refractivity contribution in [3.63, 3.8) is 0 Å². The van der Waals surface area contributed by atoms with E-state index in [4.69, 9.17) is 9.47 Å². The molecule has 1 unspecified atom stereocenters. The van der Waals surface area contributed by atoms with Crippen LogP contribution in [0.4, 0.5) is 0 Å². The molecule has 1 N–H and O–H groups in total. The lowest BCUT2D eigenvalue weighted by Crippen LogP contribution is -2.29. The molecular weight excluding hydrogens is 432 g/mol. The van der Waals surface area contributed by atoms with E-state index >= 15 is 0 Å². The molecule has 0 saturated carbocycles. The van der Waals surface area contributed by atoms with Gasteiger partial charge < -0.3 is 19.5 Å². The number of ether oxygens (including phenoxy) is 2. The number of carbonyl (C=O) groups excluding carboxylic acids is 2. The van der Waals surface area contributed by atoms with Crippen LogP contribution in [0.5, 0.6) is 11.5 Å². The first-order valence-corrected chi connectivity index (χ1v) is 11.0. The molecule has 0 spiro atoms. The lowest BCUT2D eigenvalue weighted by molar-refractivity contribution is -0.140. The smallest absolute Gasteiger partial charge is 0.296 e. The summed E-state index contributed by atoms with van der Waals surface area (Å²) in [6.45, 7) is 3.91. The highest BCUT2D eigenvalue weighted by Gasteiger charge is 2.46.